The molecule has 4 nitrogen and oxygen atoms in total. The molecular formula is C18H30Cl2FN3O. The summed E-state index contributed by atoms with van der Waals surface area (Å²) >= 11 is 0. The van der Waals surface area contributed by atoms with Crippen molar-refractivity contribution in [2.75, 3.05) is 27.2 Å². The van der Waals surface area contributed by atoms with Crippen LogP contribution >= 0.6 is 24.8 Å². The van der Waals surface area contributed by atoms with Gasteiger partial charge in [-0.15, -0.1) is 24.8 Å². The van der Waals surface area contributed by atoms with Crippen LogP contribution in [0.1, 0.15) is 36.8 Å². The Kier molecular flexibility index (Phi) is 12.0. The van der Waals surface area contributed by atoms with Crippen molar-refractivity contribution in [3.63, 3.8) is 0 Å². The Morgan fingerprint density at radius 2 is 1.96 bits per heavy atom. The van der Waals surface area contributed by atoms with Crippen molar-refractivity contribution >= 4 is 30.7 Å². The van der Waals surface area contributed by atoms with Crippen LogP contribution in [0.15, 0.2) is 18.2 Å². The minimum absolute atomic E-state index is 0. The molecule has 1 amide bonds. The number of hydrogen-bond acceptors (Lipinski definition) is 3. The molecule has 0 aromatic heterocycles. The summed E-state index contributed by atoms with van der Waals surface area (Å²) in [7, 11) is 3.82. The molecule has 0 radical (unpaired) electrons. The number of carbonyl (C=O) groups is 1. The summed E-state index contributed by atoms with van der Waals surface area (Å²) in [5.41, 5.74) is 1.61. The summed E-state index contributed by atoms with van der Waals surface area (Å²) in [6.07, 6.45) is 3.87. The molecule has 1 aliphatic rings. The molecule has 1 saturated heterocycles. The normalized spacial score (nSPS) is 14.6. The lowest BCUT2D eigenvalue weighted by Crippen LogP contribution is -2.29. The maximum atomic E-state index is 13.7. The first-order valence-electron chi connectivity index (χ1n) is 8.44. The first kappa shape index (κ1) is 24.1. The number of rotatable bonds is 7. The van der Waals surface area contributed by atoms with Crippen LogP contribution in [-0.4, -0.2) is 38.0 Å². The van der Waals surface area contributed by atoms with E-state index in [1.165, 1.54) is 18.9 Å². The highest BCUT2D eigenvalue weighted by atomic mass is 35.5. The third kappa shape index (κ3) is 8.86. The van der Waals surface area contributed by atoms with Gasteiger partial charge in [0.1, 0.15) is 5.82 Å². The van der Waals surface area contributed by atoms with Gasteiger partial charge in [0.05, 0.1) is 0 Å². The quantitative estimate of drug-likeness (QED) is 0.747. The number of piperidine rings is 1. The van der Waals surface area contributed by atoms with Crippen molar-refractivity contribution in [2.45, 2.75) is 38.8 Å². The van der Waals surface area contributed by atoms with Gasteiger partial charge in [-0.1, -0.05) is 6.07 Å². The van der Waals surface area contributed by atoms with Crippen LogP contribution in [-0.2, 0) is 17.9 Å². The number of amides is 1. The van der Waals surface area contributed by atoms with E-state index in [4.69, 9.17) is 0 Å². The molecule has 2 N–H and O–H groups in total. The lowest BCUT2D eigenvalue weighted by atomic mass is 9.93. The molecule has 0 saturated carbocycles. The van der Waals surface area contributed by atoms with E-state index in [9.17, 15) is 9.18 Å². The first-order valence-corrected chi connectivity index (χ1v) is 8.44. The zero-order valence-electron chi connectivity index (χ0n) is 15.0. The van der Waals surface area contributed by atoms with Crippen molar-refractivity contribution < 1.29 is 9.18 Å². The Morgan fingerprint density at radius 1 is 1.28 bits per heavy atom. The molecule has 7 heteroatoms. The van der Waals surface area contributed by atoms with Gasteiger partial charge >= 0.3 is 0 Å². The van der Waals surface area contributed by atoms with E-state index in [-0.39, 0.29) is 36.5 Å². The summed E-state index contributed by atoms with van der Waals surface area (Å²) in [6, 6.07) is 5.05. The topological polar surface area (TPSA) is 44.4 Å². The average molecular weight is 394 g/mol. The summed E-state index contributed by atoms with van der Waals surface area (Å²) in [5.74, 6) is 0.557. The van der Waals surface area contributed by atoms with Gasteiger partial charge in [-0.3, -0.25) is 4.79 Å². The molecule has 2 rings (SSSR count). The van der Waals surface area contributed by atoms with Gasteiger partial charge < -0.3 is 15.5 Å². The van der Waals surface area contributed by atoms with E-state index >= 15 is 0 Å². The van der Waals surface area contributed by atoms with Crippen molar-refractivity contribution in [3.05, 3.63) is 35.1 Å². The molecular weight excluding hydrogens is 364 g/mol. The van der Waals surface area contributed by atoms with E-state index < -0.39 is 0 Å². The van der Waals surface area contributed by atoms with Gasteiger partial charge in [0.2, 0.25) is 5.91 Å². The van der Waals surface area contributed by atoms with E-state index in [0.29, 0.717) is 31.0 Å². The Hall–Kier alpha value is -0.880. The van der Waals surface area contributed by atoms with E-state index in [0.717, 1.165) is 25.1 Å². The van der Waals surface area contributed by atoms with Gasteiger partial charge in [-0.25, -0.2) is 4.39 Å². The summed E-state index contributed by atoms with van der Waals surface area (Å²) in [4.78, 5) is 13.9. The fourth-order valence-corrected chi connectivity index (χ4v) is 2.99. The van der Waals surface area contributed by atoms with Crippen LogP contribution in [0.3, 0.4) is 0 Å². The van der Waals surface area contributed by atoms with Crippen LogP contribution in [0.25, 0.3) is 0 Å². The molecule has 25 heavy (non-hydrogen) atoms. The lowest BCUT2D eigenvalue weighted by molar-refractivity contribution is -0.121. The van der Waals surface area contributed by atoms with Crippen LogP contribution in [0.2, 0.25) is 0 Å². The van der Waals surface area contributed by atoms with E-state index in [2.05, 4.69) is 10.6 Å². The van der Waals surface area contributed by atoms with Gasteiger partial charge in [0, 0.05) is 25.1 Å². The number of halogens is 3. The Morgan fingerprint density at radius 3 is 2.60 bits per heavy atom. The van der Waals surface area contributed by atoms with Crippen molar-refractivity contribution in [2.24, 2.45) is 5.92 Å². The van der Waals surface area contributed by atoms with Crippen molar-refractivity contribution in [1.29, 1.82) is 0 Å². The summed E-state index contributed by atoms with van der Waals surface area (Å²) in [5, 5.41) is 6.29. The minimum Gasteiger partial charge on any atom is -0.352 e. The molecule has 1 aromatic rings. The van der Waals surface area contributed by atoms with Crippen molar-refractivity contribution in [3.8, 4) is 0 Å². The third-order valence-electron chi connectivity index (χ3n) is 4.32. The maximum absolute atomic E-state index is 13.7. The van der Waals surface area contributed by atoms with Gasteiger partial charge in [0.15, 0.2) is 0 Å². The Bertz CT molecular complexity index is 523. The second-order valence-electron chi connectivity index (χ2n) is 6.67. The van der Waals surface area contributed by atoms with Gasteiger partial charge in [0.25, 0.3) is 0 Å². The van der Waals surface area contributed by atoms with Gasteiger partial charge in [-0.2, -0.15) is 0 Å². The van der Waals surface area contributed by atoms with Crippen LogP contribution in [0.5, 0.6) is 0 Å². The number of nitrogens with zero attached hydrogens (tertiary/aromatic N) is 1. The molecule has 1 heterocycles. The van der Waals surface area contributed by atoms with Gasteiger partial charge in [-0.05, 0) is 70.1 Å². The highest BCUT2D eigenvalue weighted by Gasteiger charge is 2.14. The first-order chi connectivity index (χ1) is 11.0. The molecule has 1 fully saturated rings. The Labute approximate surface area is 162 Å². The molecule has 0 bridgehead atoms. The smallest absolute Gasteiger partial charge is 0.220 e. The molecule has 1 aliphatic heterocycles. The molecule has 0 atom stereocenters. The number of carbonyl (C=O) groups excluding carboxylic acids is 1. The molecule has 1 aromatic carbocycles. The second kappa shape index (κ2) is 12.5. The van der Waals surface area contributed by atoms with Crippen molar-refractivity contribution in [1.82, 2.24) is 15.5 Å². The lowest BCUT2D eigenvalue weighted by Gasteiger charge is -2.22. The van der Waals surface area contributed by atoms with Crippen LogP contribution in [0, 0.1) is 11.7 Å². The predicted molar refractivity (Wildman–Crippen MR) is 105 cm³/mol. The molecule has 0 spiro atoms. The molecule has 0 aliphatic carbocycles. The zero-order chi connectivity index (χ0) is 16.7. The number of hydrogen-bond donors (Lipinski definition) is 2. The minimum atomic E-state index is -0.195. The van der Waals surface area contributed by atoms with Crippen LogP contribution < -0.4 is 10.6 Å². The fourth-order valence-electron chi connectivity index (χ4n) is 2.99. The summed E-state index contributed by atoms with van der Waals surface area (Å²) < 4.78 is 13.7. The number of benzene rings is 1. The van der Waals surface area contributed by atoms with E-state index in [1.54, 1.807) is 6.07 Å². The highest BCUT2D eigenvalue weighted by molar-refractivity contribution is 5.85. The molecule has 0 unspecified atom stereocenters. The Balaban J connectivity index is 0.00000288. The summed E-state index contributed by atoms with van der Waals surface area (Å²) in [6.45, 7) is 3.15. The number of nitrogens with one attached hydrogen (secondary N) is 2. The average Bonchev–Trinajstić information content (AvgIpc) is 2.54. The van der Waals surface area contributed by atoms with Crippen LogP contribution in [0.4, 0.5) is 4.39 Å². The maximum Gasteiger partial charge on any atom is 0.220 e. The monoisotopic (exact) mass is 393 g/mol. The third-order valence-corrected chi connectivity index (χ3v) is 4.32. The fraction of sp³-hybridized carbons (Fsp3) is 0.611. The SMILES string of the molecule is CN(C)Cc1cc(CNC(=O)CCC2CCNCC2)ccc1F.Cl.Cl. The molecule has 144 valence electrons. The largest absolute Gasteiger partial charge is 0.352 e. The van der Waals surface area contributed by atoms with E-state index in [1.807, 2.05) is 25.1 Å². The second-order valence-corrected chi connectivity index (χ2v) is 6.67. The predicted octanol–water partition coefficient (Wildman–Crippen LogP) is 3.13. The standard InChI is InChI=1S/C18H28FN3O.2ClH/c1-22(2)13-16-11-15(3-5-17(16)19)12-21-18(23)6-4-14-7-9-20-10-8-14;;/h3,5,11,14,20H,4,6-10,12-13H2,1-2H3,(H,21,23);2*1H. The highest BCUT2D eigenvalue weighted by Crippen LogP contribution is 2.17. The zero-order valence-corrected chi connectivity index (χ0v) is 16.6.